The number of benzene rings is 2. The second kappa shape index (κ2) is 9.31. The molecule has 0 saturated carbocycles. The minimum absolute atomic E-state index is 0.0887. The van der Waals surface area contributed by atoms with Crippen LogP contribution in [0.1, 0.15) is 28.9 Å². The number of aromatic nitrogens is 2. The molecular formula is C22H21F3N4O4. The molecule has 3 aromatic rings. The summed E-state index contributed by atoms with van der Waals surface area (Å²) in [5, 5.41) is 17.3. The van der Waals surface area contributed by atoms with Gasteiger partial charge in [0.15, 0.2) is 5.69 Å². The summed E-state index contributed by atoms with van der Waals surface area (Å²) in [6.07, 6.45) is -4.76. The van der Waals surface area contributed by atoms with Crippen LogP contribution in [0, 0.1) is 30.9 Å². The zero-order valence-corrected chi connectivity index (χ0v) is 18.1. The molecular weight excluding hydrogens is 441 g/mol. The number of nitro benzene ring substituents is 1. The number of nitrogens with one attached hydrogen (secondary N) is 1. The van der Waals surface area contributed by atoms with Crippen molar-refractivity contribution in [3.05, 3.63) is 75.1 Å². The van der Waals surface area contributed by atoms with Crippen molar-refractivity contribution in [2.24, 2.45) is 0 Å². The monoisotopic (exact) mass is 462 g/mol. The Morgan fingerprint density at radius 2 is 1.70 bits per heavy atom. The normalized spacial score (nSPS) is 11.3. The highest BCUT2D eigenvalue weighted by molar-refractivity contribution is 5.91. The molecule has 1 N–H and O–H groups in total. The molecule has 0 atom stereocenters. The Morgan fingerprint density at radius 1 is 1.06 bits per heavy atom. The van der Waals surface area contributed by atoms with E-state index in [0.717, 1.165) is 21.9 Å². The van der Waals surface area contributed by atoms with Crippen LogP contribution < -0.4 is 10.1 Å². The molecule has 2 aromatic carbocycles. The molecule has 0 saturated heterocycles. The van der Waals surface area contributed by atoms with Crippen molar-refractivity contribution in [3.8, 4) is 11.5 Å². The number of carbonyl (C=O) groups is 1. The number of non-ortho nitro benzene ring substituents is 1. The maximum Gasteiger partial charge on any atom is 0.435 e. The molecule has 1 aromatic heterocycles. The topological polar surface area (TPSA) is 99.3 Å². The molecule has 1 amide bonds. The van der Waals surface area contributed by atoms with E-state index in [0.29, 0.717) is 5.75 Å². The van der Waals surface area contributed by atoms with Crippen LogP contribution in [0.25, 0.3) is 0 Å². The zero-order chi connectivity index (χ0) is 24.3. The average molecular weight is 462 g/mol. The number of nitrogens with zero attached hydrogens (tertiary/aromatic N) is 3. The first-order valence-corrected chi connectivity index (χ1v) is 9.88. The minimum Gasteiger partial charge on any atom is -0.457 e. The van der Waals surface area contributed by atoms with Gasteiger partial charge in [-0.05, 0) is 50.1 Å². The van der Waals surface area contributed by atoms with E-state index in [4.69, 9.17) is 4.74 Å². The van der Waals surface area contributed by atoms with Gasteiger partial charge in [-0.1, -0.05) is 6.07 Å². The van der Waals surface area contributed by atoms with E-state index in [9.17, 15) is 28.1 Å². The fourth-order valence-corrected chi connectivity index (χ4v) is 3.25. The van der Waals surface area contributed by atoms with Crippen molar-refractivity contribution in [1.29, 1.82) is 0 Å². The maximum atomic E-state index is 12.8. The van der Waals surface area contributed by atoms with Gasteiger partial charge < -0.3 is 10.1 Å². The summed E-state index contributed by atoms with van der Waals surface area (Å²) in [4.78, 5) is 23.1. The molecule has 0 spiro atoms. The molecule has 0 fully saturated rings. The van der Waals surface area contributed by atoms with E-state index in [1.54, 1.807) is 12.1 Å². The van der Waals surface area contributed by atoms with E-state index >= 15 is 0 Å². The Balaban J connectivity index is 1.73. The molecule has 0 aliphatic rings. The van der Waals surface area contributed by atoms with E-state index in [2.05, 4.69) is 10.4 Å². The lowest BCUT2D eigenvalue weighted by Gasteiger charge is -2.11. The second-order valence-electron chi connectivity index (χ2n) is 7.59. The molecule has 0 bridgehead atoms. The number of alkyl halides is 3. The Bertz CT molecular complexity index is 1180. The van der Waals surface area contributed by atoms with Crippen molar-refractivity contribution >= 4 is 17.3 Å². The van der Waals surface area contributed by atoms with Crippen molar-refractivity contribution in [2.45, 2.75) is 39.9 Å². The largest absolute Gasteiger partial charge is 0.457 e. The number of ether oxygens (including phenoxy) is 1. The summed E-state index contributed by atoms with van der Waals surface area (Å²) in [6.45, 7) is 5.14. The third kappa shape index (κ3) is 6.31. The molecule has 0 unspecified atom stereocenters. The predicted molar refractivity (Wildman–Crippen MR) is 114 cm³/mol. The van der Waals surface area contributed by atoms with Gasteiger partial charge in [0.2, 0.25) is 5.91 Å². The van der Waals surface area contributed by atoms with Gasteiger partial charge in [0.25, 0.3) is 5.69 Å². The summed E-state index contributed by atoms with van der Waals surface area (Å²) in [5.74, 6) is 0.0958. The number of rotatable bonds is 7. The number of nitro groups is 1. The van der Waals surface area contributed by atoms with Crippen LogP contribution in [0.4, 0.5) is 24.5 Å². The lowest BCUT2D eigenvalue weighted by Crippen LogP contribution is -2.16. The summed E-state index contributed by atoms with van der Waals surface area (Å²) in [5.41, 5.74) is 0.964. The number of amides is 1. The third-order valence-corrected chi connectivity index (χ3v) is 4.64. The lowest BCUT2D eigenvalue weighted by atomic mass is 10.1. The Hall–Kier alpha value is -3.89. The fraction of sp³-hybridized carbons (Fsp3) is 0.273. The van der Waals surface area contributed by atoms with Crippen LogP contribution >= 0.6 is 0 Å². The van der Waals surface area contributed by atoms with Crippen LogP contribution in [0.5, 0.6) is 11.5 Å². The fourth-order valence-electron chi connectivity index (χ4n) is 3.25. The Labute approximate surface area is 187 Å². The van der Waals surface area contributed by atoms with Crippen LogP contribution in [-0.4, -0.2) is 20.6 Å². The van der Waals surface area contributed by atoms with Gasteiger partial charge in [0.1, 0.15) is 11.5 Å². The molecule has 11 heteroatoms. The van der Waals surface area contributed by atoms with Crippen LogP contribution in [-0.2, 0) is 17.5 Å². The van der Waals surface area contributed by atoms with Crippen molar-refractivity contribution in [3.63, 3.8) is 0 Å². The highest BCUT2D eigenvalue weighted by Gasteiger charge is 2.34. The van der Waals surface area contributed by atoms with E-state index in [-0.39, 0.29) is 35.8 Å². The van der Waals surface area contributed by atoms with Gasteiger partial charge >= 0.3 is 6.18 Å². The molecule has 0 aliphatic carbocycles. The van der Waals surface area contributed by atoms with Gasteiger partial charge in [-0.3, -0.25) is 19.6 Å². The first-order chi connectivity index (χ1) is 15.4. The molecule has 33 heavy (non-hydrogen) atoms. The smallest absolute Gasteiger partial charge is 0.435 e. The van der Waals surface area contributed by atoms with Crippen LogP contribution in [0.2, 0.25) is 0 Å². The number of hydrogen-bond acceptors (Lipinski definition) is 5. The van der Waals surface area contributed by atoms with Crippen LogP contribution in [0.15, 0.2) is 42.5 Å². The van der Waals surface area contributed by atoms with Crippen molar-refractivity contribution in [2.75, 3.05) is 5.32 Å². The standard InChI is InChI=1S/C22H21F3N4O4/c1-13-6-14(2)8-18(7-13)33-19-11-16(10-17(12-19)29(31)32)26-21(30)4-5-28-15(3)9-20(27-28)22(23,24)25/h6-12H,4-5H2,1-3H3,(H,26,30). The van der Waals surface area contributed by atoms with Crippen molar-refractivity contribution < 1.29 is 27.6 Å². The molecule has 0 radical (unpaired) electrons. The number of hydrogen-bond donors (Lipinski definition) is 1. The summed E-state index contributed by atoms with van der Waals surface area (Å²) >= 11 is 0. The zero-order valence-electron chi connectivity index (χ0n) is 18.1. The number of aryl methyl sites for hydroxylation is 4. The van der Waals surface area contributed by atoms with E-state index < -0.39 is 22.7 Å². The number of halogens is 3. The van der Waals surface area contributed by atoms with Gasteiger partial charge in [-0.25, -0.2) is 0 Å². The Kier molecular flexibility index (Phi) is 6.70. The third-order valence-electron chi connectivity index (χ3n) is 4.64. The van der Waals surface area contributed by atoms with Gasteiger partial charge in [0.05, 0.1) is 16.7 Å². The molecule has 1 heterocycles. The average Bonchev–Trinajstić information content (AvgIpc) is 3.06. The molecule has 8 nitrogen and oxygen atoms in total. The number of anilines is 1. The lowest BCUT2D eigenvalue weighted by molar-refractivity contribution is -0.384. The summed E-state index contributed by atoms with van der Waals surface area (Å²) in [6, 6.07) is 10.2. The maximum absolute atomic E-state index is 12.8. The molecule has 0 aliphatic heterocycles. The first-order valence-electron chi connectivity index (χ1n) is 9.88. The minimum atomic E-state index is -4.58. The summed E-state index contributed by atoms with van der Waals surface area (Å²) < 4.78 is 45.2. The van der Waals surface area contributed by atoms with Gasteiger partial charge in [-0.15, -0.1) is 0 Å². The SMILES string of the molecule is Cc1cc(C)cc(Oc2cc(NC(=O)CCn3nc(C(F)(F)F)cc3C)cc([N+](=O)[O-])c2)c1. The van der Waals surface area contributed by atoms with Gasteiger partial charge in [0, 0.05) is 30.8 Å². The molecule has 3 rings (SSSR count). The predicted octanol–water partition coefficient (Wildman–Crippen LogP) is 5.56. The van der Waals surface area contributed by atoms with E-state index in [1.165, 1.54) is 25.1 Å². The van der Waals surface area contributed by atoms with Crippen molar-refractivity contribution in [1.82, 2.24) is 9.78 Å². The van der Waals surface area contributed by atoms with Crippen LogP contribution in [0.3, 0.4) is 0 Å². The highest BCUT2D eigenvalue weighted by Crippen LogP contribution is 2.31. The quantitative estimate of drug-likeness (QED) is 0.366. The Morgan fingerprint density at radius 3 is 2.27 bits per heavy atom. The molecule has 174 valence electrons. The first kappa shape index (κ1) is 23.8. The van der Waals surface area contributed by atoms with Gasteiger partial charge in [-0.2, -0.15) is 18.3 Å². The highest BCUT2D eigenvalue weighted by atomic mass is 19.4. The summed E-state index contributed by atoms with van der Waals surface area (Å²) in [7, 11) is 0. The number of carbonyl (C=O) groups excluding carboxylic acids is 1. The van der Waals surface area contributed by atoms with E-state index in [1.807, 2.05) is 19.9 Å². The second-order valence-corrected chi connectivity index (χ2v) is 7.59.